The summed E-state index contributed by atoms with van der Waals surface area (Å²) in [6, 6.07) is 9.70. The number of benzene rings is 1. The lowest BCUT2D eigenvalue weighted by molar-refractivity contribution is -0.113. The van der Waals surface area contributed by atoms with Gasteiger partial charge >= 0.3 is 0 Å². The number of thiophene rings is 1. The van der Waals surface area contributed by atoms with Crippen LogP contribution in [0.15, 0.2) is 40.9 Å². The summed E-state index contributed by atoms with van der Waals surface area (Å²) in [5.41, 5.74) is 0.438. The number of amides is 1. The lowest BCUT2D eigenvalue weighted by atomic mass is 10.3. The number of nitrogens with zero attached hydrogens (tertiary/aromatic N) is 3. The molecule has 1 N–H and O–H groups in total. The van der Waals surface area contributed by atoms with Gasteiger partial charge in [0.25, 0.3) is 0 Å². The Morgan fingerprint density at radius 2 is 2.00 bits per heavy atom. The van der Waals surface area contributed by atoms with Gasteiger partial charge in [0.15, 0.2) is 5.16 Å². The quantitative estimate of drug-likeness (QED) is 0.508. The highest BCUT2D eigenvalue weighted by atomic mass is 35.5. The van der Waals surface area contributed by atoms with Gasteiger partial charge in [-0.2, -0.15) is 0 Å². The molecule has 140 valence electrons. The molecule has 2 heterocycles. The lowest BCUT2D eigenvalue weighted by Crippen LogP contribution is -2.15. The van der Waals surface area contributed by atoms with Crippen molar-refractivity contribution in [3.8, 4) is 0 Å². The topological polar surface area (TPSA) is 59.8 Å². The van der Waals surface area contributed by atoms with E-state index in [0.29, 0.717) is 21.8 Å². The van der Waals surface area contributed by atoms with Crippen LogP contribution in [0.2, 0.25) is 10.0 Å². The Labute approximate surface area is 175 Å². The van der Waals surface area contributed by atoms with Crippen LogP contribution >= 0.6 is 46.3 Å². The highest BCUT2D eigenvalue weighted by Gasteiger charge is 2.30. The van der Waals surface area contributed by atoms with Gasteiger partial charge in [0.05, 0.1) is 21.5 Å². The predicted octanol–water partition coefficient (Wildman–Crippen LogP) is 5.30. The van der Waals surface area contributed by atoms with Crippen LogP contribution in [0.25, 0.3) is 0 Å². The second-order valence-corrected chi connectivity index (χ2v) is 8.98. The molecule has 0 spiro atoms. The number of thioether (sulfide) groups is 1. The van der Waals surface area contributed by atoms with Gasteiger partial charge in [-0.05, 0) is 36.4 Å². The first-order chi connectivity index (χ1) is 13.1. The van der Waals surface area contributed by atoms with Crippen LogP contribution in [0.4, 0.5) is 5.69 Å². The van der Waals surface area contributed by atoms with Crippen molar-refractivity contribution >= 4 is 57.9 Å². The summed E-state index contributed by atoms with van der Waals surface area (Å²) in [7, 11) is 0. The first kappa shape index (κ1) is 18.8. The summed E-state index contributed by atoms with van der Waals surface area (Å²) in [6.45, 7) is 0. The summed E-state index contributed by atoms with van der Waals surface area (Å²) >= 11 is 15.3. The molecule has 1 fully saturated rings. The summed E-state index contributed by atoms with van der Waals surface area (Å²) < 4.78 is 2.18. The van der Waals surface area contributed by atoms with Crippen LogP contribution in [-0.4, -0.2) is 26.4 Å². The molecule has 0 saturated heterocycles. The number of hydrogen-bond acceptors (Lipinski definition) is 5. The number of hydrogen-bond donors (Lipinski definition) is 1. The number of nitrogens with one attached hydrogen (secondary N) is 1. The van der Waals surface area contributed by atoms with Crippen LogP contribution in [0, 0.1) is 0 Å². The maximum Gasteiger partial charge on any atom is 0.234 e. The van der Waals surface area contributed by atoms with Crippen molar-refractivity contribution in [2.75, 3.05) is 11.1 Å². The Kier molecular flexibility index (Phi) is 5.73. The molecule has 27 heavy (non-hydrogen) atoms. The molecule has 1 aliphatic rings. The number of halogens is 2. The van der Waals surface area contributed by atoms with Crippen LogP contribution in [-0.2, 0) is 11.2 Å². The molecule has 1 aliphatic carbocycles. The Morgan fingerprint density at radius 1 is 1.22 bits per heavy atom. The van der Waals surface area contributed by atoms with Gasteiger partial charge in [-0.25, -0.2) is 0 Å². The molecule has 0 aliphatic heterocycles. The van der Waals surface area contributed by atoms with Crippen LogP contribution in [0.1, 0.15) is 29.6 Å². The molecule has 4 rings (SSSR count). The van der Waals surface area contributed by atoms with Gasteiger partial charge in [-0.3, -0.25) is 4.79 Å². The number of carbonyl (C=O) groups excluding carboxylic acids is 1. The molecule has 0 radical (unpaired) electrons. The molecule has 1 amide bonds. The highest BCUT2D eigenvalue weighted by molar-refractivity contribution is 7.99. The maximum atomic E-state index is 12.3. The standard InChI is InChI=1S/C18H16Cl2N4OS2/c19-13-4-1-5-14(20)17(13)21-16(25)10-27-18-23-22-15(24(18)11-6-7-11)9-12-3-2-8-26-12/h1-5,8,11H,6-7,9-10H2,(H,21,25). The second kappa shape index (κ2) is 8.22. The lowest BCUT2D eigenvalue weighted by Gasteiger charge is -2.10. The van der Waals surface area contributed by atoms with Crippen molar-refractivity contribution in [3.05, 3.63) is 56.5 Å². The molecule has 0 bridgehead atoms. The van der Waals surface area contributed by atoms with Gasteiger partial charge in [0, 0.05) is 17.3 Å². The van der Waals surface area contributed by atoms with Crippen molar-refractivity contribution in [3.63, 3.8) is 0 Å². The largest absolute Gasteiger partial charge is 0.323 e. The summed E-state index contributed by atoms with van der Waals surface area (Å²) in [5, 5.41) is 15.1. The molecule has 5 nitrogen and oxygen atoms in total. The van der Waals surface area contributed by atoms with E-state index >= 15 is 0 Å². The number of aromatic nitrogens is 3. The number of anilines is 1. The Morgan fingerprint density at radius 3 is 2.67 bits per heavy atom. The number of carbonyl (C=O) groups is 1. The van der Waals surface area contributed by atoms with E-state index in [1.54, 1.807) is 29.5 Å². The predicted molar refractivity (Wildman–Crippen MR) is 111 cm³/mol. The van der Waals surface area contributed by atoms with Crippen LogP contribution in [0.5, 0.6) is 0 Å². The van der Waals surface area contributed by atoms with Gasteiger partial charge in [-0.1, -0.05) is 47.1 Å². The SMILES string of the molecule is O=C(CSc1nnc(Cc2cccs2)n1C1CC1)Nc1c(Cl)cccc1Cl. The fourth-order valence-corrected chi connectivity index (χ4v) is 4.74. The zero-order valence-corrected chi connectivity index (χ0v) is 17.3. The van der Waals surface area contributed by atoms with E-state index in [9.17, 15) is 4.79 Å². The van der Waals surface area contributed by atoms with Gasteiger partial charge in [-0.15, -0.1) is 21.5 Å². The normalized spacial score (nSPS) is 13.7. The van der Waals surface area contributed by atoms with Crippen molar-refractivity contribution in [1.29, 1.82) is 0 Å². The minimum Gasteiger partial charge on any atom is -0.323 e. The van der Waals surface area contributed by atoms with E-state index in [2.05, 4.69) is 31.5 Å². The van der Waals surface area contributed by atoms with Gasteiger partial charge in [0.2, 0.25) is 5.91 Å². The molecule has 3 aromatic rings. The van der Waals surface area contributed by atoms with E-state index in [1.165, 1.54) is 16.6 Å². The smallest absolute Gasteiger partial charge is 0.234 e. The second-order valence-electron chi connectivity index (χ2n) is 6.19. The third-order valence-corrected chi connectivity index (χ3v) is 6.57. The number of rotatable bonds is 7. The van der Waals surface area contributed by atoms with Crippen molar-refractivity contribution in [2.45, 2.75) is 30.5 Å². The van der Waals surface area contributed by atoms with Crippen molar-refractivity contribution in [1.82, 2.24) is 14.8 Å². The fraction of sp³-hybridized carbons (Fsp3) is 0.278. The van der Waals surface area contributed by atoms with Gasteiger partial charge < -0.3 is 9.88 Å². The summed E-state index contributed by atoms with van der Waals surface area (Å²) in [4.78, 5) is 13.6. The van der Waals surface area contributed by atoms with E-state index in [0.717, 1.165) is 30.2 Å². The van der Waals surface area contributed by atoms with Crippen LogP contribution < -0.4 is 5.32 Å². The van der Waals surface area contributed by atoms with E-state index < -0.39 is 0 Å². The van der Waals surface area contributed by atoms with Crippen molar-refractivity contribution in [2.24, 2.45) is 0 Å². The van der Waals surface area contributed by atoms with E-state index in [1.807, 2.05) is 6.07 Å². The van der Waals surface area contributed by atoms with E-state index in [4.69, 9.17) is 23.2 Å². The van der Waals surface area contributed by atoms with E-state index in [-0.39, 0.29) is 11.7 Å². The zero-order valence-electron chi connectivity index (χ0n) is 14.2. The first-order valence-electron chi connectivity index (χ1n) is 8.44. The fourth-order valence-electron chi connectivity index (χ4n) is 2.72. The molecule has 0 unspecified atom stereocenters. The molecule has 1 saturated carbocycles. The molecular weight excluding hydrogens is 423 g/mol. The van der Waals surface area contributed by atoms with Crippen molar-refractivity contribution < 1.29 is 4.79 Å². The molecular formula is C18H16Cl2N4OS2. The third kappa shape index (κ3) is 4.48. The zero-order chi connectivity index (χ0) is 18.8. The molecule has 9 heteroatoms. The molecule has 1 aromatic carbocycles. The van der Waals surface area contributed by atoms with Gasteiger partial charge in [0.1, 0.15) is 5.82 Å². The van der Waals surface area contributed by atoms with Crippen LogP contribution in [0.3, 0.4) is 0 Å². The molecule has 0 atom stereocenters. The highest BCUT2D eigenvalue weighted by Crippen LogP contribution is 2.39. The minimum atomic E-state index is -0.180. The monoisotopic (exact) mass is 438 g/mol. The average molecular weight is 439 g/mol. The Balaban J connectivity index is 1.43. The Bertz CT molecular complexity index is 934. The number of para-hydroxylation sites is 1. The average Bonchev–Trinajstić information content (AvgIpc) is 3.20. The summed E-state index contributed by atoms with van der Waals surface area (Å²) in [5.74, 6) is 0.989. The first-order valence-corrected chi connectivity index (χ1v) is 11.1. The summed E-state index contributed by atoms with van der Waals surface area (Å²) in [6.07, 6.45) is 3.03. The maximum absolute atomic E-state index is 12.3. The Hall–Kier alpha value is -1.54. The third-order valence-electron chi connectivity index (χ3n) is 4.12. The minimum absolute atomic E-state index is 0.180. The molecule has 2 aromatic heterocycles.